The molecule has 0 spiro atoms. The van der Waals surface area contributed by atoms with E-state index in [9.17, 15) is 4.79 Å². The van der Waals surface area contributed by atoms with Crippen molar-refractivity contribution in [3.63, 3.8) is 0 Å². The molecule has 0 fully saturated rings. The Morgan fingerprint density at radius 1 is 1.44 bits per heavy atom. The minimum atomic E-state index is -0.779. The number of nitrogens with one attached hydrogen (secondary N) is 1. The van der Waals surface area contributed by atoms with Gasteiger partial charge in [-0.15, -0.1) is 0 Å². The molecule has 0 radical (unpaired) electrons. The molecule has 0 aliphatic carbocycles. The number of hydrogen-bond donors (Lipinski definition) is 2. The smallest absolute Gasteiger partial charge is 0.304 e. The molecule has 0 saturated heterocycles. The number of benzene rings is 1. The summed E-state index contributed by atoms with van der Waals surface area (Å²) in [5.41, 5.74) is 2.13. The summed E-state index contributed by atoms with van der Waals surface area (Å²) in [6.07, 6.45) is 0.822. The van der Waals surface area contributed by atoms with Crippen molar-refractivity contribution in [2.24, 2.45) is 0 Å². The topological polar surface area (TPSA) is 49.3 Å². The standard InChI is InChI=1S/C14H20ClNO2/c1-9(2)16-12(8-14(17)18)7-11-4-5-13(15)10(3)6-11/h4-6,9,12,16H,7-8H2,1-3H3,(H,17,18). The van der Waals surface area contributed by atoms with E-state index in [-0.39, 0.29) is 18.5 Å². The van der Waals surface area contributed by atoms with Gasteiger partial charge >= 0.3 is 5.97 Å². The van der Waals surface area contributed by atoms with Crippen LogP contribution in [0.4, 0.5) is 0 Å². The maximum atomic E-state index is 10.8. The van der Waals surface area contributed by atoms with Crippen LogP contribution in [0.2, 0.25) is 5.02 Å². The molecule has 3 nitrogen and oxygen atoms in total. The second kappa shape index (κ2) is 6.76. The maximum Gasteiger partial charge on any atom is 0.304 e. The van der Waals surface area contributed by atoms with E-state index in [1.165, 1.54) is 0 Å². The zero-order valence-corrected chi connectivity index (χ0v) is 11.8. The van der Waals surface area contributed by atoms with Gasteiger partial charge in [-0.05, 0) is 30.5 Å². The summed E-state index contributed by atoms with van der Waals surface area (Å²) in [5, 5.41) is 12.9. The molecule has 0 aromatic heterocycles. The van der Waals surface area contributed by atoms with Gasteiger partial charge in [0.25, 0.3) is 0 Å². The van der Waals surface area contributed by atoms with Crippen molar-refractivity contribution >= 4 is 17.6 Å². The molecule has 0 saturated carbocycles. The van der Waals surface area contributed by atoms with Crippen LogP contribution in [-0.2, 0) is 11.2 Å². The molecule has 2 N–H and O–H groups in total. The first-order valence-corrected chi connectivity index (χ1v) is 6.49. The highest BCUT2D eigenvalue weighted by Gasteiger charge is 2.15. The Balaban J connectivity index is 2.74. The Morgan fingerprint density at radius 3 is 2.61 bits per heavy atom. The lowest BCUT2D eigenvalue weighted by atomic mass is 10.0. The fourth-order valence-electron chi connectivity index (χ4n) is 1.99. The number of hydrogen-bond acceptors (Lipinski definition) is 2. The maximum absolute atomic E-state index is 10.8. The molecule has 1 atom stereocenters. The summed E-state index contributed by atoms with van der Waals surface area (Å²) in [7, 11) is 0. The van der Waals surface area contributed by atoms with Crippen LogP contribution in [0.1, 0.15) is 31.4 Å². The predicted molar refractivity (Wildman–Crippen MR) is 74.2 cm³/mol. The molecule has 1 aromatic carbocycles. The van der Waals surface area contributed by atoms with Crippen molar-refractivity contribution in [1.29, 1.82) is 0 Å². The number of aryl methyl sites for hydroxylation is 1. The zero-order chi connectivity index (χ0) is 13.7. The average molecular weight is 270 g/mol. The average Bonchev–Trinajstić information content (AvgIpc) is 2.21. The Morgan fingerprint density at radius 2 is 2.11 bits per heavy atom. The van der Waals surface area contributed by atoms with Crippen LogP contribution in [0.25, 0.3) is 0 Å². The van der Waals surface area contributed by atoms with Crippen LogP contribution in [0.3, 0.4) is 0 Å². The molecule has 0 bridgehead atoms. The lowest BCUT2D eigenvalue weighted by Crippen LogP contribution is -2.38. The van der Waals surface area contributed by atoms with Gasteiger partial charge in [0.1, 0.15) is 0 Å². The van der Waals surface area contributed by atoms with E-state index in [2.05, 4.69) is 5.32 Å². The number of aliphatic carboxylic acids is 1. The molecule has 1 aromatic rings. The summed E-state index contributed by atoms with van der Waals surface area (Å²) in [6.45, 7) is 5.98. The molecule has 0 aliphatic heterocycles. The van der Waals surface area contributed by atoms with Gasteiger partial charge in [-0.1, -0.05) is 37.6 Å². The molecule has 1 rings (SSSR count). The van der Waals surface area contributed by atoms with Gasteiger partial charge in [0.05, 0.1) is 6.42 Å². The molecule has 18 heavy (non-hydrogen) atoms. The molecule has 0 aliphatic rings. The van der Waals surface area contributed by atoms with Crippen molar-refractivity contribution in [1.82, 2.24) is 5.32 Å². The number of carbonyl (C=O) groups is 1. The van der Waals surface area contributed by atoms with E-state index in [0.29, 0.717) is 6.42 Å². The van der Waals surface area contributed by atoms with E-state index in [0.717, 1.165) is 16.1 Å². The number of carboxylic acids is 1. The summed E-state index contributed by atoms with van der Waals surface area (Å²) >= 11 is 5.98. The largest absolute Gasteiger partial charge is 0.481 e. The normalized spacial score (nSPS) is 12.7. The van der Waals surface area contributed by atoms with Gasteiger partial charge in [-0.2, -0.15) is 0 Å². The van der Waals surface area contributed by atoms with Gasteiger partial charge < -0.3 is 10.4 Å². The lowest BCUT2D eigenvalue weighted by molar-refractivity contribution is -0.137. The van der Waals surface area contributed by atoms with E-state index < -0.39 is 5.97 Å². The van der Waals surface area contributed by atoms with Crippen LogP contribution in [0, 0.1) is 6.92 Å². The van der Waals surface area contributed by atoms with Crippen molar-refractivity contribution in [3.05, 3.63) is 34.3 Å². The molecule has 100 valence electrons. The van der Waals surface area contributed by atoms with E-state index in [1.54, 1.807) is 0 Å². The summed E-state index contributed by atoms with van der Waals surface area (Å²) in [6, 6.07) is 6.04. The Kier molecular flexibility index (Phi) is 5.63. The summed E-state index contributed by atoms with van der Waals surface area (Å²) in [5.74, 6) is -0.779. The predicted octanol–water partition coefficient (Wildman–Crippen LogP) is 3.03. The van der Waals surface area contributed by atoms with Crippen LogP contribution in [-0.4, -0.2) is 23.2 Å². The lowest BCUT2D eigenvalue weighted by Gasteiger charge is -2.20. The van der Waals surface area contributed by atoms with Gasteiger partial charge in [0, 0.05) is 17.1 Å². The van der Waals surface area contributed by atoms with E-state index >= 15 is 0 Å². The fraction of sp³-hybridized carbons (Fsp3) is 0.500. The third-order valence-electron chi connectivity index (χ3n) is 2.69. The summed E-state index contributed by atoms with van der Waals surface area (Å²) < 4.78 is 0. The monoisotopic (exact) mass is 269 g/mol. The second-order valence-electron chi connectivity index (χ2n) is 4.90. The highest BCUT2D eigenvalue weighted by molar-refractivity contribution is 6.31. The quantitative estimate of drug-likeness (QED) is 0.835. The van der Waals surface area contributed by atoms with Gasteiger partial charge in [-0.3, -0.25) is 4.79 Å². The highest BCUT2D eigenvalue weighted by Crippen LogP contribution is 2.17. The van der Waals surface area contributed by atoms with Crippen molar-refractivity contribution in [2.75, 3.05) is 0 Å². The first-order chi connectivity index (χ1) is 8.38. The Bertz CT molecular complexity index is 418. The SMILES string of the molecule is Cc1cc(CC(CC(=O)O)NC(C)C)ccc1Cl. The molecule has 0 amide bonds. The molecule has 0 heterocycles. The number of carboxylic acid groups (broad SMARTS) is 1. The molecular weight excluding hydrogens is 250 g/mol. The minimum absolute atomic E-state index is 0.0527. The minimum Gasteiger partial charge on any atom is -0.481 e. The molecular formula is C14H20ClNO2. The van der Waals surface area contributed by atoms with Crippen LogP contribution < -0.4 is 5.32 Å². The van der Waals surface area contributed by atoms with E-state index in [1.807, 2.05) is 39.0 Å². The van der Waals surface area contributed by atoms with Crippen LogP contribution in [0.15, 0.2) is 18.2 Å². The van der Waals surface area contributed by atoms with Gasteiger partial charge in [0.15, 0.2) is 0 Å². The summed E-state index contributed by atoms with van der Waals surface area (Å²) in [4.78, 5) is 10.8. The van der Waals surface area contributed by atoms with Crippen LogP contribution >= 0.6 is 11.6 Å². The van der Waals surface area contributed by atoms with Crippen molar-refractivity contribution < 1.29 is 9.90 Å². The zero-order valence-electron chi connectivity index (χ0n) is 11.0. The first kappa shape index (κ1) is 15.0. The Hall–Kier alpha value is -1.06. The number of rotatable bonds is 6. The van der Waals surface area contributed by atoms with E-state index in [4.69, 9.17) is 16.7 Å². The van der Waals surface area contributed by atoms with Gasteiger partial charge in [-0.25, -0.2) is 0 Å². The first-order valence-electron chi connectivity index (χ1n) is 6.11. The van der Waals surface area contributed by atoms with Gasteiger partial charge in [0.2, 0.25) is 0 Å². The van der Waals surface area contributed by atoms with Crippen molar-refractivity contribution in [3.8, 4) is 0 Å². The molecule has 1 unspecified atom stereocenters. The highest BCUT2D eigenvalue weighted by atomic mass is 35.5. The third-order valence-corrected chi connectivity index (χ3v) is 3.12. The second-order valence-corrected chi connectivity index (χ2v) is 5.31. The molecule has 4 heteroatoms. The van der Waals surface area contributed by atoms with Crippen molar-refractivity contribution in [2.45, 2.75) is 45.7 Å². The number of halogens is 1. The third kappa shape index (κ3) is 5.07. The van der Waals surface area contributed by atoms with Crippen LogP contribution in [0.5, 0.6) is 0 Å². The Labute approximate surface area is 113 Å². The fourth-order valence-corrected chi connectivity index (χ4v) is 2.11.